The number of nitrogens with one attached hydrogen (secondary N) is 1. The maximum Gasteiger partial charge on any atom is 0.328 e. The fourth-order valence-electron chi connectivity index (χ4n) is 3.93. The maximum atomic E-state index is 13.2. The number of hydrogen-bond acceptors (Lipinski definition) is 6. The van der Waals surface area contributed by atoms with Crippen molar-refractivity contribution in [2.45, 2.75) is 32.0 Å². The Hall–Kier alpha value is -2.16. The molecule has 0 bridgehead atoms. The van der Waals surface area contributed by atoms with Gasteiger partial charge in [0.05, 0.1) is 6.54 Å². The third-order valence-corrected chi connectivity index (χ3v) is 5.32. The number of carbonyl (C=O) groups is 2. The molecule has 9 heteroatoms. The Balaban J connectivity index is 1.64. The van der Waals surface area contributed by atoms with Crippen LogP contribution in [0, 0.1) is 0 Å². The molecule has 3 atom stereocenters. The number of carbonyl (C=O) groups excluding carboxylic acids is 2. The van der Waals surface area contributed by atoms with Crippen LogP contribution in [0.2, 0.25) is 5.02 Å². The van der Waals surface area contributed by atoms with Gasteiger partial charge in [-0.1, -0.05) is 23.7 Å². The van der Waals surface area contributed by atoms with Crippen molar-refractivity contribution >= 4 is 29.3 Å². The average molecular weight is 377 g/mol. The van der Waals surface area contributed by atoms with Gasteiger partial charge < -0.3 is 4.90 Å². The lowest BCUT2D eigenvalue weighted by Crippen LogP contribution is -2.66. The Morgan fingerprint density at radius 2 is 2.08 bits per heavy atom. The monoisotopic (exact) mass is 376 g/mol. The summed E-state index contributed by atoms with van der Waals surface area (Å²) in [5.74, 6) is -0.198. The molecule has 0 aromatic heterocycles. The fourth-order valence-corrected chi connectivity index (χ4v) is 4.14. The van der Waals surface area contributed by atoms with Crippen molar-refractivity contribution in [3.63, 3.8) is 0 Å². The van der Waals surface area contributed by atoms with Crippen molar-refractivity contribution in [1.82, 2.24) is 25.0 Å². The number of hydrazone groups is 1. The topological polar surface area (TPSA) is 71.5 Å². The van der Waals surface area contributed by atoms with Crippen LogP contribution in [0.15, 0.2) is 29.4 Å². The number of imide groups is 1. The molecule has 2 fully saturated rings. The van der Waals surface area contributed by atoms with Crippen LogP contribution in [0.3, 0.4) is 0 Å². The van der Waals surface area contributed by atoms with Gasteiger partial charge in [-0.3, -0.25) is 20.0 Å². The molecule has 3 amide bonds. The predicted molar refractivity (Wildman–Crippen MR) is 97.2 cm³/mol. The minimum Gasteiger partial charge on any atom is -0.310 e. The number of hydrogen-bond donors (Lipinski definition) is 1. The van der Waals surface area contributed by atoms with E-state index in [1.165, 1.54) is 4.90 Å². The Labute approximate surface area is 157 Å². The van der Waals surface area contributed by atoms with Crippen LogP contribution >= 0.6 is 11.6 Å². The van der Waals surface area contributed by atoms with E-state index in [0.717, 1.165) is 11.3 Å². The summed E-state index contributed by atoms with van der Waals surface area (Å²) in [4.78, 5) is 31.0. The van der Waals surface area contributed by atoms with Crippen molar-refractivity contribution in [1.29, 1.82) is 0 Å². The number of fused-ring (bicyclic) bond motifs is 3. The van der Waals surface area contributed by atoms with Gasteiger partial charge in [0.15, 0.2) is 6.29 Å². The Morgan fingerprint density at radius 3 is 2.81 bits per heavy atom. The lowest BCUT2D eigenvalue weighted by Gasteiger charge is -2.42. The highest BCUT2D eigenvalue weighted by atomic mass is 35.5. The van der Waals surface area contributed by atoms with E-state index in [-0.39, 0.29) is 30.9 Å². The molecule has 2 saturated heterocycles. The van der Waals surface area contributed by atoms with Crippen LogP contribution in [-0.2, 0) is 11.3 Å². The van der Waals surface area contributed by atoms with Crippen LogP contribution < -0.4 is 5.32 Å². The number of likely N-dealkylation sites (N-methyl/N-ethyl adjacent to an activating group) is 1. The first-order valence-electron chi connectivity index (χ1n) is 8.48. The fraction of sp³-hybridized carbons (Fsp3) is 0.471. The zero-order valence-corrected chi connectivity index (χ0v) is 15.6. The van der Waals surface area contributed by atoms with E-state index in [0.29, 0.717) is 11.6 Å². The molecule has 8 nitrogen and oxygen atoms in total. The molecule has 138 valence electrons. The van der Waals surface area contributed by atoms with Crippen LogP contribution in [0.25, 0.3) is 0 Å². The SMILES string of the molecule is CC1=NN(C)C2NC3C(C(=O)N(Cc4cccc(Cl)c4)C(=O)N3C)N2C1. The Morgan fingerprint density at radius 1 is 1.31 bits per heavy atom. The summed E-state index contributed by atoms with van der Waals surface area (Å²) in [6.07, 6.45) is -0.585. The molecular formula is C17H21ClN6O2. The standard InChI is InChI=1S/C17H21ClN6O2/c1-10-8-23-13-14(19-16(23)22(3)20-10)21(2)17(26)24(15(13)25)9-11-5-4-6-12(18)7-11/h4-7,13-14,16,19H,8-9H2,1-3H3. The van der Waals surface area contributed by atoms with Gasteiger partial charge in [-0.15, -0.1) is 0 Å². The van der Waals surface area contributed by atoms with Crippen LogP contribution in [0.4, 0.5) is 4.79 Å². The first kappa shape index (κ1) is 17.3. The van der Waals surface area contributed by atoms with Gasteiger partial charge in [0.2, 0.25) is 0 Å². The third-order valence-electron chi connectivity index (χ3n) is 5.08. The Bertz CT molecular complexity index is 799. The van der Waals surface area contributed by atoms with E-state index in [1.54, 1.807) is 29.1 Å². The second kappa shape index (κ2) is 6.22. The number of urea groups is 1. The molecule has 0 radical (unpaired) electrons. The molecule has 3 heterocycles. The van der Waals surface area contributed by atoms with Crippen LogP contribution in [0.5, 0.6) is 0 Å². The summed E-state index contributed by atoms with van der Waals surface area (Å²) in [5, 5.41) is 10.2. The maximum absolute atomic E-state index is 13.2. The molecule has 26 heavy (non-hydrogen) atoms. The summed E-state index contributed by atoms with van der Waals surface area (Å²) < 4.78 is 0. The largest absolute Gasteiger partial charge is 0.328 e. The number of rotatable bonds is 2. The first-order valence-corrected chi connectivity index (χ1v) is 8.86. The average Bonchev–Trinajstić information content (AvgIpc) is 2.97. The third kappa shape index (κ3) is 2.65. The molecule has 1 N–H and O–H groups in total. The number of halogens is 1. The van der Waals surface area contributed by atoms with E-state index in [1.807, 2.05) is 26.1 Å². The zero-order valence-electron chi connectivity index (χ0n) is 14.9. The van der Waals surface area contributed by atoms with Gasteiger partial charge >= 0.3 is 6.03 Å². The molecule has 1 aromatic carbocycles. The van der Waals surface area contributed by atoms with Gasteiger partial charge in [0.1, 0.15) is 12.2 Å². The molecule has 3 unspecified atom stereocenters. The molecular weight excluding hydrogens is 356 g/mol. The molecule has 3 aliphatic rings. The normalized spacial score (nSPS) is 29.0. The zero-order chi connectivity index (χ0) is 18.6. The molecule has 0 saturated carbocycles. The van der Waals surface area contributed by atoms with Gasteiger partial charge in [-0.25, -0.2) is 9.69 Å². The van der Waals surface area contributed by atoms with Crippen molar-refractivity contribution < 1.29 is 9.59 Å². The van der Waals surface area contributed by atoms with E-state index in [9.17, 15) is 9.59 Å². The van der Waals surface area contributed by atoms with Gasteiger partial charge in [-0.2, -0.15) is 5.10 Å². The van der Waals surface area contributed by atoms with E-state index in [4.69, 9.17) is 11.6 Å². The minimum absolute atomic E-state index is 0.198. The molecule has 3 aliphatic heterocycles. The highest BCUT2D eigenvalue weighted by Gasteiger charge is 2.55. The molecule has 1 aromatic rings. The second-order valence-electron chi connectivity index (χ2n) is 6.96. The summed E-state index contributed by atoms with van der Waals surface area (Å²) in [5.41, 5.74) is 1.75. The van der Waals surface area contributed by atoms with E-state index >= 15 is 0 Å². The summed E-state index contributed by atoms with van der Waals surface area (Å²) in [6.45, 7) is 2.72. The van der Waals surface area contributed by atoms with Crippen molar-refractivity contribution in [3.8, 4) is 0 Å². The second-order valence-corrected chi connectivity index (χ2v) is 7.40. The van der Waals surface area contributed by atoms with Crippen molar-refractivity contribution in [2.75, 3.05) is 20.6 Å². The number of benzene rings is 1. The van der Waals surface area contributed by atoms with Crippen molar-refractivity contribution in [3.05, 3.63) is 34.9 Å². The van der Waals surface area contributed by atoms with E-state index < -0.39 is 6.04 Å². The predicted octanol–water partition coefficient (Wildman–Crippen LogP) is 0.939. The highest BCUT2D eigenvalue weighted by Crippen LogP contribution is 2.30. The van der Waals surface area contributed by atoms with Crippen LogP contribution in [-0.4, -0.2) is 76.5 Å². The summed E-state index contributed by atoms with van der Waals surface area (Å²) >= 11 is 6.04. The van der Waals surface area contributed by atoms with E-state index in [2.05, 4.69) is 15.3 Å². The number of nitrogens with zero attached hydrogens (tertiary/aromatic N) is 5. The summed E-state index contributed by atoms with van der Waals surface area (Å²) in [6, 6.07) is 6.45. The lowest BCUT2D eigenvalue weighted by molar-refractivity contribution is -0.139. The molecule has 4 rings (SSSR count). The van der Waals surface area contributed by atoms with Crippen LogP contribution in [0.1, 0.15) is 12.5 Å². The number of amides is 3. The lowest BCUT2D eigenvalue weighted by atomic mass is 10.1. The highest BCUT2D eigenvalue weighted by molar-refractivity contribution is 6.30. The summed E-state index contributed by atoms with van der Waals surface area (Å²) in [7, 11) is 3.58. The Kier molecular flexibility index (Phi) is 4.13. The van der Waals surface area contributed by atoms with Gasteiger partial charge in [0, 0.05) is 31.4 Å². The molecule has 0 spiro atoms. The molecule has 0 aliphatic carbocycles. The van der Waals surface area contributed by atoms with Gasteiger partial charge in [-0.05, 0) is 24.6 Å². The van der Waals surface area contributed by atoms with Crippen molar-refractivity contribution in [2.24, 2.45) is 5.10 Å². The van der Waals surface area contributed by atoms with Gasteiger partial charge in [0.25, 0.3) is 5.91 Å². The first-order chi connectivity index (χ1) is 12.4. The smallest absolute Gasteiger partial charge is 0.310 e. The minimum atomic E-state index is -0.449. The quantitative estimate of drug-likeness (QED) is 0.831.